The Hall–Kier alpha value is -0.520. The third-order valence-corrected chi connectivity index (χ3v) is 4.09. The van der Waals surface area contributed by atoms with Crippen molar-refractivity contribution < 1.29 is 0 Å². The maximum Gasteiger partial charge on any atom is -0.0134 e. The Morgan fingerprint density at radius 3 is 2.93 bits per heavy atom. The average Bonchev–Trinajstić information content (AvgIpc) is 2.20. The first-order chi connectivity index (χ1) is 6.83. The highest BCUT2D eigenvalue weighted by Crippen LogP contribution is 2.44. The number of allylic oxidation sites excluding steroid dienone is 4. The first-order valence-electron chi connectivity index (χ1n) is 6.15. The zero-order chi connectivity index (χ0) is 9.97. The fourth-order valence-electron chi connectivity index (χ4n) is 3.36. The van der Waals surface area contributed by atoms with Gasteiger partial charge in [-0.05, 0) is 49.5 Å². The first kappa shape index (κ1) is 10.0. The lowest BCUT2D eigenvalue weighted by molar-refractivity contribution is 0.174. The van der Waals surface area contributed by atoms with Crippen LogP contribution in [0.3, 0.4) is 0 Å². The normalized spacial score (nSPS) is 38.1. The van der Waals surface area contributed by atoms with Crippen LogP contribution in [0.2, 0.25) is 0 Å². The van der Waals surface area contributed by atoms with Gasteiger partial charge in [0.25, 0.3) is 0 Å². The van der Waals surface area contributed by atoms with Crippen molar-refractivity contribution in [3.8, 4) is 0 Å². The summed E-state index contributed by atoms with van der Waals surface area (Å²) in [4.78, 5) is 0. The van der Waals surface area contributed by atoms with Gasteiger partial charge in [-0.1, -0.05) is 38.0 Å². The Labute approximate surface area is 88.1 Å². The summed E-state index contributed by atoms with van der Waals surface area (Å²) in [7, 11) is 0. The predicted molar refractivity (Wildman–Crippen MR) is 62.1 cm³/mol. The molecule has 0 aromatic carbocycles. The van der Waals surface area contributed by atoms with E-state index in [0.29, 0.717) is 0 Å². The number of fused-ring (bicyclic) bond motifs is 1. The van der Waals surface area contributed by atoms with Crippen LogP contribution in [-0.2, 0) is 0 Å². The van der Waals surface area contributed by atoms with E-state index in [4.69, 9.17) is 0 Å². The molecule has 0 nitrogen and oxygen atoms in total. The van der Waals surface area contributed by atoms with E-state index in [9.17, 15) is 0 Å². The molecule has 0 radical (unpaired) electrons. The Bertz CT molecular complexity index is 247. The molecule has 14 heavy (non-hydrogen) atoms. The van der Waals surface area contributed by atoms with Crippen LogP contribution in [0.1, 0.15) is 46.0 Å². The molecule has 0 spiro atoms. The van der Waals surface area contributed by atoms with Crippen molar-refractivity contribution in [2.24, 2.45) is 17.8 Å². The standard InChI is InChI=1S/C14H22/c1-3-6-12-8-5-9-13-11(2)7-4-10-14(12)13/h3,6,8,11,13-14H,4-5,7,9-10H2,1-2H3/b6-3+. The molecule has 0 N–H and O–H groups in total. The van der Waals surface area contributed by atoms with Gasteiger partial charge in [0.2, 0.25) is 0 Å². The van der Waals surface area contributed by atoms with Crippen molar-refractivity contribution in [2.45, 2.75) is 46.0 Å². The topological polar surface area (TPSA) is 0 Å². The van der Waals surface area contributed by atoms with Gasteiger partial charge in [0.1, 0.15) is 0 Å². The lowest BCUT2D eigenvalue weighted by Gasteiger charge is -2.40. The van der Waals surface area contributed by atoms with Gasteiger partial charge in [-0.2, -0.15) is 0 Å². The minimum Gasteiger partial charge on any atom is -0.0874 e. The lowest BCUT2D eigenvalue weighted by atomic mass is 9.65. The van der Waals surface area contributed by atoms with Crippen LogP contribution in [0, 0.1) is 17.8 Å². The summed E-state index contributed by atoms with van der Waals surface area (Å²) in [6, 6.07) is 0. The fourth-order valence-corrected chi connectivity index (χ4v) is 3.36. The maximum atomic E-state index is 2.47. The Balaban J connectivity index is 2.16. The van der Waals surface area contributed by atoms with Gasteiger partial charge in [0.05, 0.1) is 0 Å². The van der Waals surface area contributed by atoms with Crippen molar-refractivity contribution in [2.75, 3.05) is 0 Å². The van der Waals surface area contributed by atoms with Crippen molar-refractivity contribution in [3.05, 3.63) is 23.8 Å². The molecule has 1 fully saturated rings. The third kappa shape index (κ3) is 1.80. The van der Waals surface area contributed by atoms with Crippen LogP contribution in [0.5, 0.6) is 0 Å². The highest BCUT2D eigenvalue weighted by atomic mass is 14.4. The van der Waals surface area contributed by atoms with Gasteiger partial charge < -0.3 is 0 Å². The smallest absolute Gasteiger partial charge is 0.0134 e. The van der Waals surface area contributed by atoms with Crippen molar-refractivity contribution in [1.29, 1.82) is 0 Å². The van der Waals surface area contributed by atoms with E-state index in [1.165, 1.54) is 32.1 Å². The van der Waals surface area contributed by atoms with E-state index in [2.05, 4.69) is 32.1 Å². The third-order valence-electron chi connectivity index (χ3n) is 4.09. The largest absolute Gasteiger partial charge is 0.0874 e. The van der Waals surface area contributed by atoms with Crippen LogP contribution in [0.15, 0.2) is 23.8 Å². The molecule has 78 valence electrons. The Morgan fingerprint density at radius 1 is 1.29 bits per heavy atom. The molecule has 3 atom stereocenters. The summed E-state index contributed by atoms with van der Waals surface area (Å²) in [6.45, 7) is 4.59. The number of hydrogen-bond acceptors (Lipinski definition) is 0. The fraction of sp³-hybridized carbons (Fsp3) is 0.714. The quantitative estimate of drug-likeness (QED) is 0.577. The highest BCUT2D eigenvalue weighted by molar-refractivity contribution is 5.25. The van der Waals surface area contributed by atoms with Crippen molar-refractivity contribution >= 4 is 0 Å². The minimum atomic E-state index is 0.892. The maximum absolute atomic E-state index is 2.47. The van der Waals surface area contributed by atoms with Crippen LogP contribution in [0.4, 0.5) is 0 Å². The van der Waals surface area contributed by atoms with E-state index < -0.39 is 0 Å². The average molecular weight is 190 g/mol. The zero-order valence-corrected chi connectivity index (χ0v) is 9.50. The van der Waals surface area contributed by atoms with Gasteiger partial charge in [-0.3, -0.25) is 0 Å². The summed E-state index contributed by atoms with van der Waals surface area (Å²) in [5, 5.41) is 0. The molecule has 2 aliphatic rings. The SMILES string of the molecule is C/C=C/C1=CCCC2C(C)CCCC12. The highest BCUT2D eigenvalue weighted by Gasteiger charge is 2.33. The molecule has 0 aliphatic heterocycles. The second kappa shape index (κ2) is 4.33. The second-order valence-corrected chi connectivity index (χ2v) is 4.96. The molecule has 0 saturated heterocycles. The minimum absolute atomic E-state index is 0.892. The molecular formula is C14H22. The van der Waals surface area contributed by atoms with Crippen LogP contribution in [0.25, 0.3) is 0 Å². The summed E-state index contributed by atoms with van der Waals surface area (Å²) in [6.07, 6.45) is 14.1. The monoisotopic (exact) mass is 190 g/mol. The van der Waals surface area contributed by atoms with E-state index in [1.807, 2.05) is 0 Å². The van der Waals surface area contributed by atoms with Gasteiger partial charge >= 0.3 is 0 Å². The van der Waals surface area contributed by atoms with Crippen LogP contribution >= 0.6 is 0 Å². The molecule has 0 heteroatoms. The molecule has 1 saturated carbocycles. The van der Waals surface area contributed by atoms with Crippen molar-refractivity contribution in [3.63, 3.8) is 0 Å². The van der Waals surface area contributed by atoms with Gasteiger partial charge in [-0.25, -0.2) is 0 Å². The Morgan fingerprint density at radius 2 is 2.14 bits per heavy atom. The van der Waals surface area contributed by atoms with Crippen molar-refractivity contribution in [1.82, 2.24) is 0 Å². The Kier molecular flexibility index (Phi) is 3.10. The molecule has 0 heterocycles. The van der Waals surface area contributed by atoms with E-state index in [0.717, 1.165) is 17.8 Å². The van der Waals surface area contributed by atoms with E-state index in [-0.39, 0.29) is 0 Å². The zero-order valence-electron chi connectivity index (χ0n) is 9.50. The summed E-state index contributed by atoms with van der Waals surface area (Å²) in [5.41, 5.74) is 1.63. The molecule has 0 aromatic rings. The first-order valence-corrected chi connectivity index (χ1v) is 6.15. The summed E-state index contributed by atoms with van der Waals surface area (Å²) >= 11 is 0. The molecule has 0 aromatic heterocycles. The van der Waals surface area contributed by atoms with E-state index >= 15 is 0 Å². The number of rotatable bonds is 1. The molecule has 2 aliphatic carbocycles. The van der Waals surface area contributed by atoms with E-state index in [1.54, 1.807) is 5.57 Å². The molecule has 2 rings (SSSR count). The summed E-state index contributed by atoms with van der Waals surface area (Å²) in [5.74, 6) is 2.84. The predicted octanol–water partition coefficient (Wildman–Crippen LogP) is 4.34. The second-order valence-electron chi connectivity index (χ2n) is 4.96. The molecule has 0 amide bonds. The lowest BCUT2D eigenvalue weighted by Crippen LogP contribution is -2.29. The van der Waals surface area contributed by atoms with Crippen LogP contribution < -0.4 is 0 Å². The van der Waals surface area contributed by atoms with Gasteiger partial charge in [-0.15, -0.1) is 0 Å². The molecule has 0 bridgehead atoms. The molecular weight excluding hydrogens is 168 g/mol. The summed E-state index contributed by atoms with van der Waals surface area (Å²) < 4.78 is 0. The van der Waals surface area contributed by atoms with Gasteiger partial charge in [0.15, 0.2) is 0 Å². The number of hydrogen-bond donors (Lipinski definition) is 0. The van der Waals surface area contributed by atoms with Gasteiger partial charge in [0, 0.05) is 0 Å². The molecule has 3 unspecified atom stereocenters. The van der Waals surface area contributed by atoms with Crippen LogP contribution in [-0.4, -0.2) is 0 Å².